The number of ketones is 1. The summed E-state index contributed by atoms with van der Waals surface area (Å²) in [5, 5.41) is 8.27. The van der Waals surface area contributed by atoms with Gasteiger partial charge in [-0.3, -0.25) is 9.59 Å². The Kier molecular flexibility index (Phi) is 4.45. The molecule has 3 N–H and O–H groups in total. The van der Waals surface area contributed by atoms with Crippen molar-refractivity contribution in [3.8, 4) is 0 Å². The number of hydrogen-bond donors (Lipinski definition) is 2. The minimum Gasteiger partial charge on any atom is -0.481 e. The Labute approximate surface area is 65.4 Å². The van der Waals surface area contributed by atoms with Gasteiger partial charge in [-0.1, -0.05) is 6.92 Å². The molecule has 1 atom stereocenters. The summed E-state index contributed by atoms with van der Waals surface area (Å²) in [4.78, 5) is 21.0. The summed E-state index contributed by atoms with van der Waals surface area (Å²) in [5.41, 5.74) is 5.27. The lowest BCUT2D eigenvalue weighted by Crippen LogP contribution is -2.32. The fraction of sp³-hybridized carbons (Fsp3) is 0.714. The topological polar surface area (TPSA) is 80.4 Å². The molecule has 0 aromatic heterocycles. The average molecular weight is 159 g/mol. The number of aliphatic carboxylic acids is 1. The van der Waals surface area contributed by atoms with Crippen LogP contribution in [0.4, 0.5) is 0 Å². The van der Waals surface area contributed by atoms with E-state index in [0.29, 0.717) is 12.8 Å². The zero-order valence-corrected chi connectivity index (χ0v) is 6.54. The van der Waals surface area contributed by atoms with Crippen LogP contribution in [0.2, 0.25) is 0 Å². The Morgan fingerprint density at radius 1 is 1.55 bits per heavy atom. The van der Waals surface area contributed by atoms with Gasteiger partial charge in [0.05, 0.1) is 12.5 Å². The SMILES string of the molecule is CCCC(=O)C(N)CC(=O)O. The first-order valence-electron chi connectivity index (χ1n) is 3.58. The van der Waals surface area contributed by atoms with Gasteiger partial charge < -0.3 is 10.8 Å². The van der Waals surface area contributed by atoms with E-state index in [1.54, 1.807) is 0 Å². The van der Waals surface area contributed by atoms with Crippen LogP contribution < -0.4 is 5.73 Å². The number of Topliss-reactive ketones (excluding diaryl/α,β-unsaturated/α-hetero) is 1. The highest BCUT2D eigenvalue weighted by atomic mass is 16.4. The number of rotatable bonds is 5. The third-order valence-corrected chi connectivity index (χ3v) is 1.30. The normalized spacial score (nSPS) is 12.5. The van der Waals surface area contributed by atoms with Crippen molar-refractivity contribution >= 4 is 11.8 Å². The van der Waals surface area contributed by atoms with Crippen LogP contribution >= 0.6 is 0 Å². The van der Waals surface area contributed by atoms with Crippen LogP contribution in [-0.2, 0) is 9.59 Å². The summed E-state index contributed by atoms with van der Waals surface area (Å²) in [6, 6.07) is -0.826. The van der Waals surface area contributed by atoms with Crippen molar-refractivity contribution in [1.29, 1.82) is 0 Å². The quantitative estimate of drug-likeness (QED) is 0.598. The molecule has 4 heteroatoms. The van der Waals surface area contributed by atoms with Gasteiger partial charge in [-0.05, 0) is 6.42 Å². The van der Waals surface area contributed by atoms with Gasteiger partial charge in [0.2, 0.25) is 0 Å². The molecule has 0 saturated heterocycles. The second kappa shape index (κ2) is 4.85. The molecule has 0 aliphatic carbocycles. The van der Waals surface area contributed by atoms with E-state index in [2.05, 4.69) is 0 Å². The van der Waals surface area contributed by atoms with Crippen molar-refractivity contribution in [2.45, 2.75) is 32.2 Å². The molecule has 0 heterocycles. The molecule has 64 valence electrons. The first-order chi connectivity index (χ1) is 5.07. The van der Waals surface area contributed by atoms with Gasteiger partial charge >= 0.3 is 5.97 Å². The maximum atomic E-state index is 10.9. The predicted octanol–water partition coefficient (Wildman–Crippen LogP) is 0.158. The molecule has 0 aromatic rings. The molecule has 0 rings (SSSR count). The van der Waals surface area contributed by atoms with Gasteiger partial charge in [0.25, 0.3) is 0 Å². The van der Waals surface area contributed by atoms with E-state index >= 15 is 0 Å². The van der Waals surface area contributed by atoms with Gasteiger partial charge in [0.1, 0.15) is 5.78 Å². The van der Waals surface area contributed by atoms with Gasteiger partial charge in [-0.25, -0.2) is 0 Å². The van der Waals surface area contributed by atoms with Crippen molar-refractivity contribution in [3.05, 3.63) is 0 Å². The summed E-state index contributed by atoms with van der Waals surface area (Å²) in [6.45, 7) is 1.85. The van der Waals surface area contributed by atoms with E-state index in [1.165, 1.54) is 0 Å². The highest BCUT2D eigenvalue weighted by Gasteiger charge is 2.15. The van der Waals surface area contributed by atoms with Gasteiger partial charge in [0.15, 0.2) is 0 Å². The fourth-order valence-corrected chi connectivity index (χ4v) is 0.734. The lowest BCUT2D eigenvalue weighted by molar-refractivity contribution is -0.139. The van der Waals surface area contributed by atoms with E-state index < -0.39 is 12.0 Å². The van der Waals surface area contributed by atoms with E-state index in [1.807, 2.05) is 6.92 Å². The number of carbonyl (C=O) groups is 2. The molecule has 0 spiro atoms. The summed E-state index contributed by atoms with van der Waals surface area (Å²) >= 11 is 0. The van der Waals surface area contributed by atoms with Crippen LogP contribution in [0.25, 0.3) is 0 Å². The van der Waals surface area contributed by atoms with E-state index in [9.17, 15) is 9.59 Å². The van der Waals surface area contributed by atoms with E-state index in [-0.39, 0.29) is 12.2 Å². The highest BCUT2D eigenvalue weighted by Crippen LogP contribution is 1.97. The van der Waals surface area contributed by atoms with E-state index in [0.717, 1.165) is 0 Å². The molecular formula is C7H13NO3. The maximum absolute atomic E-state index is 10.9. The molecule has 11 heavy (non-hydrogen) atoms. The van der Waals surface area contributed by atoms with Crippen LogP contribution in [0.3, 0.4) is 0 Å². The molecular weight excluding hydrogens is 146 g/mol. The largest absolute Gasteiger partial charge is 0.481 e. The van der Waals surface area contributed by atoms with Crippen molar-refractivity contribution in [2.75, 3.05) is 0 Å². The monoisotopic (exact) mass is 159 g/mol. The zero-order chi connectivity index (χ0) is 8.85. The molecule has 0 radical (unpaired) electrons. The van der Waals surface area contributed by atoms with Gasteiger partial charge in [0, 0.05) is 6.42 Å². The van der Waals surface area contributed by atoms with Crippen LogP contribution in [0.15, 0.2) is 0 Å². The number of carbonyl (C=O) groups excluding carboxylic acids is 1. The Bertz CT molecular complexity index is 156. The molecule has 0 amide bonds. The van der Waals surface area contributed by atoms with Crippen LogP contribution in [0, 0.1) is 0 Å². The summed E-state index contributed by atoms with van der Waals surface area (Å²) < 4.78 is 0. The van der Waals surface area contributed by atoms with Crippen LogP contribution in [0.1, 0.15) is 26.2 Å². The molecule has 0 bridgehead atoms. The fourth-order valence-electron chi connectivity index (χ4n) is 0.734. The molecule has 0 aliphatic rings. The molecule has 0 fully saturated rings. The van der Waals surface area contributed by atoms with Gasteiger partial charge in [-0.2, -0.15) is 0 Å². The van der Waals surface area contributed by atoms with Crippen molar-refractivity contribution in [1.82, 2.24) is 0 Å². The molecule has 0 aromatic carbocycles. The summed E-state index contributed by atoms with van der Waals surface area (Å²) in [7, 11) is 0. The van der Waals surface area contributed by atoms with Crippen LogP contribution in [-0.4, -0.2) is 22.9 Å². The molecule has 1 unspecified atom stereocenters. The van der Waals surface area contributed by atoms with Crippen LogP contribution in [0.5, 0.6) is 0 Å². The standard InChI is InChI=1S/C7H13NO3/c1-2-3-6(9)5(8)4-7(10)11/h5H,2-4,8H2,1H3,(H,10,11). The number of carboxylic acids is 1. The number of hydrogen-bond acceptors (Lipinski definition) is 3. The van der Waals surface area contributed by atoms with E-state index in [4.69, 9.17) is 10.8 Å². The first-order valence-corrected chi connectivity index (χ1v) is 3.58. The molecule has 4 nitrogen and oxygen atoms in total. The van der Waals surface area contributed by atoms with Gasteiger partial charge in [-0.15, -0.1) is 0 Å². The average Bonchev–Trinajstić information content (AvgIpc) is 1.86. The molecule has 0 aliphatic heterocycles. The van der Waals surface area contributed by atoms with Crippen molar-refractivity contribution in [2.24, 2.45) is 5.73 Å². The summed E-state index contributed by atoms with van der Waals surface area (Å²) in [6.07, 6.45) is 0.819. The Morgan fingerprint density at radius 3 is 2.45 bits per heavy atom. The lowest BCUT2D eigenvalue weighted by atomic mass is 10.1. The maximum Gasteiger partial charge on any atom is 0.305 e. The predicted molar refractivity (Wildman–Crippen MR) is 40.1 cm³/mol. The Balaban J connectivity index is 3.73. The third kappa shape index (κ3) is 4.50. The summed E-state index contributed by atoms with van der Waals surface area (Å²) in [5.74, 6) is -1.20. The number of nitrogens with two attached hydrogens (primary N) is 1. The number of carboxylic acid groups (broad SMARTS) is 1. The zero-order valence-electron chi connectivity index (χ0n) is 6.54. The van der Waals surface area contributed by atoms with Crippen molar-refractivity contribution in [3.63, 3.8) is 0 Å². The first kappa shape index (κ1) is 10.1. The molecule has 0 saturated carbocycles. The second-order valence-electron chi connectivity index (χ2n) is 2.42. The Hall–Kier alpha value is -0.900. The minimum atomic E-state index is -1.03. The highest BCUT2D eigenvalue weighted by molar-refractivity contribution is 5.87. The Morgan fingerprint density at radius 2 is 2.09 bits per heavy atom. The smallest absolute Gasteiger partial charge is 0.305 e. The van der Waals surface area contributed by atoms with Crippen molar-refractivity contribution < 1.29 is 14.7 Å². The third-order valence-electron chi connectivity index (χ3n) is 1.30. The second-order valence-corrected chi connectivity index (χ2v) is 2.42. The minimum absolute atomic E-state index is 0.171. The lowest BCUT2D eigenvalue weighted by Gasteiger charge is -2.05.